The summed E-state index contributed by atoms with van der Waals surface area (Å²) in [6.07, 6.45) is 11.9. The lowest BCUT2D eigenvalue weighted by Crippen LogP contribution is -2.34. The largest absolute Gasteiger partial charge is 0.348 e. The van der Waals surface area contributed by atoms with E-state index in [9.17, 15) is 0 Å². The number of nitrogens with one attached hydrogen (secondary N) is 1. The quantitative estimate of drug-likeness (QED) is 0.609. The number of unbranched alkanes of at least 4 members (excludes halogenated alkanes) is 1. The van der Waals surface area contributed by atoms with Gasteiger partial charge in [-0.05, 0) is 39.7 Å². The third-order valence-electron chi connectivity index (χ3n) is 3.38. The highest BCUT2D eigenvalue weighted by molar-refractivity contribution is 5.07. The lowest BCUT2D eigenvalue weighted by Gasteiger charge is -2.25. The van der Waals surface area contributed by atoms with Gasteiger partial charge in [0.25, 0.3) is 0 Å². The van der Waals surface area contributed by atoms with Crippen molar-refractivity contribution in [3.63, 3.8) is 0 Å². The highest BCUT2D eigenvalue weighted by atomic mass is 15.2. The molecule has 0 spiro atoms. The molecule has 1 aliphatic heterocycles. The normalized spacial score (nSPS) is 25.4. The van der Waals surface area contributed by atoms with Crippen molar-refractivity contribution in [1.29, 1.82) is 0 Å². The van der Waals surface area contributed by atoms with E-state index in [1.165, 1.54) is 25.1 Å². The fourth-order valence-electron chi connectivity index (χ4n) is 2.35. The van der Waals surface area contributed by atoms with Crippen LogP contribution in [-0.4, -0.2) is 33.5 Å². The van der Waals surface area contributed by atoms with Gasteiger partial charge in [0.2, 0.25) is 0 Å². The number of imidazole rings is 1. The minimum Gasteiger partial charge on any atom is -0.348 e. The summed E-state index contributed by atoms with van der Waals surface area (Å²) in [6.45, 7) is 5.74. The van der Waals surface area contributed by atoms with Gasteiger partial charge >= 0.3 is 0 Å². The molecule has 2 atom stereocenters. The topological polar surface area (TPSA) is 31.9 Å². The first-order chi connectivity index (χ1) is 7.77. The van der Waals surface area contributed by atoms with Gasteiger partial charge in [-0.2, -0.15) is 0 Å². The number of nitrogens with zero attached hydrogens (tertiary/aromatic N) is 2. The number of hydrogen-bond donors (Lipinski definition) is 1. The van der Waals surface area contributed by atoms with Gasteiger partial charge in [-0.1, -0.05) is 12.2 Å². The number of aromatic amines is 1. The van der Waals surface area contributed by atoms with E-state index in [1.54, 1.807) is 6.33 Å². The monoisotopic (exact) mass is 219 g/mol. The van der Waals surface area contributed by atoms with Gasteiger partial charge in [0.05, 0.1) is 6.33 Å². The minimum atomic E-state index is 0.613. The van der Waals surface area contributed by atoms with Crippen molar-refractivity contribution in [3.05, 3.63) is 30.4 Å². The van der Waals surface area contributed by atoms with Crippen molar-refractivity contribution < 1.29 is 0 Å². The molecule has 0 amide bonds. The molecule has 2 unspecified atom stereocenters. The second kappa shape index (κ2) is 5.30. The van der Waals surface area contributed by atoms with E-state index in [0.717, 1.165) is 6.42 Å². The first-order valence-corrected chi connectivity index (χ1v) is 6.18. The van der Waals surface area contributed by atoms with Crippen LogP contribution < -0.4 is 0 Å². The van der Waals surface area contributed by atoms with Gasteiger partial charge in [0.1, 0.15) is 0 Å². The Morgan fingerprint density at radius 1 is 1.25 bits per heavy atom. The van der Waals surface area contributed by atoms with Crippen molar-refractivity contribution in [3.8, 4) is 0 Å². The van der Waals surface area contributed by atoms with Crippen LogP contribution in [0.1, 0.15) is 32.4 Å². The number of aryl methyl sites for hydroxylation is 1. The van der Waals surface area contributed by atoms with Crippen LogP contribution in [0.4, 0.5) is 0 Å². The maximum absolute atomic E-state index is 4.03. The molecule has 1 aliphatic rings. The summed E-state index contributed by atoms with van der Waals surface area (Å²) >= 11 is 0. The molecule has 0 fully saturated rings. The second-order valence-electron chi connectivity index (χ2n) is 4.64. The Morgan fingerprint density at radius 3 is 2.62 bits per heavy atom. The van der Waals surface area contributed by atoms with Crippen molar-refractivity contribution in [1.82, 2.24) is 14.9 Å². The standard InChI is InChI=1S/C13H21N3/c1-11-6-7-12(2)16(11)8-4-3-5-13-9-14-10-15-13/h6-7,9-12H,3-5,8H2,1-2H3,(H,14,15). The predicted molar refractivity (Wildman–Crippen MR) is 66.3 cm³/mol. The van der Waals surface area contributed by atoms with E-state index in [0.29, 0.717) is 12.1 Å². The molecule has 1 aromatic heterocycles. The smallest absolute Gasteiger partial charge is 0.0921 e. The molecule has 2 rings (SSSR count). The summed E-state index contributed by atoms with van der Waals surface area (Å²) in [4.78, 5) is 9.72. The Morgan fingerprint density at radius 2 is 2.00 bits per heavy atom. The van der Waals surface area contributed by atoms with Crippen molar-refractivity contribution in [2.24, 2.45) is 0 Å². The molecular formula is C13H21N3. The number of rotatable bonds is 5. The third kappa shape index (κ3) is 2.73. The van der Waals surface area contributed by atoms with Crippen molar-refractivity contribution in [2.45, 2.75) is 45.2 Å². The summed E-state index contributed by atoms with van der Waals surface area (Å²) in [5.41, 5.74) is 1.25. The summed E-state index contributed by atoms with van der Waals surface area (Å²) in [6, 6.07) is 1.23. The van der Waals surface area contributed by atoms with E-state index >= 15 is 0 Å². The first kappa shape index (κ1) is 11.4. The van der Waals surface area contributed by atoms with Gasteiger partial charge in [-0.25, -0.2) is 4.98 Å². The van der Waals surface area contributed by atoms with E-state index in [-0.39, 0.29) is 0 Å². The maximum Gasteiger partial charge on any atom is 0.0921 e. The highest BCUT2D eigenvalue weighted by Crippen LogP contribution is 2.16. The SMILES string of the molecule is CC1C=CC(C)N1CCCCc1cnc[nH]1. The van der Waals surface area contributed by atoms with Gasteiger partial charge in [0, 0.05) is 24.0 Å². The number of aromatic nitrogens is 2. The van der Waals surface area contributed by atoms with Gasteiger partial charge in [-0.15, -0.1) is 0 Å². The Hall–Kier alpha value is -1.09. The minimum absolute atomic E-state index is 0.613. The first-order valence-electron chi connectivity index (χ1n) is 6.18. The van der Waals surface area contributed by atoms with E-state index in [2.05, 4.69) is 40.9 Å². The lowest BCUT2D eigenvalue weighted by atomic mass is 10.2. The zero-order valence-electron chi connectivity index (χ0n) is 10.2. The van der Waals surface area contributed by atoms with Gasteiger partial charge in [-0.3, -0.25) is 4.90 Å². The van der Waals surface area contributed by atoms with Crippen LogP contribution in [0.5, 0.6) is 0 Å². The maximum atomic E-state index is 4.03. The summed E-state index contributed by atoms with van der Waals surface area (Å²) in [5, 5.41) is 0. The molecule has 0 saturated heterocycles. The third-order valence-corrected chi connectivity index (χ3v) is 3.38. The molecule has 3 heteroatoms. The summed E-state index contributed by atoms with van der Waals surface area (Å²) in [7, 11) is 0. The molecule has 0 aromatic carbocycles. The molecule has 0 bridgehead atoms. The summed E-state index contributed by atoms with van der Waals surface area (Å²) in [5.74, 6) is 0. The Labute approximate surface area is 97.6 Å². The van der Waals surface area contributed by atoms with E-state index in [4.69, 9.17) is 0 Å². The number of hydrogen-bond acceptors (Lipinski definition) is 2. The molecule has 88 valence electrons. The average Bonchev–Trinajstić information content (AvgIpc) is 2.87. The Balaban J connectivity index is 1.65. The van der Waals surface area contributed by atoms with Crippen LogP contribution in [0.2, 0.25) is 0 Å². The van der Waals surface area contributed by atoms with Crippen LogP contribution in [0.25, 0.3) is 0 Å². The molecule has 2 heterocycles. The van der Waals surface area contributed by atoms with Crippen LogP contribution in [0, 0.1) is 0 Å². The molecule has 0 saturated carbocycles. The van der Waals surface area contributed by atoms with Crippen LogP contribution in [0.3, 0.4) is 0 Å². The van der Waals surface area contributed by atoms with Crippen LogP contribution >= 0.6 is 0 Å². The zero-order valence-corrected chi connectivity index (χ0v) is 10.2. The lowest BCUT2D eigenvalue weighted by molar-refractivity contribution is 0.225. The molecule has 1 aromatic rings. The highest BCUT2D eigenvalue weighted by Gasteiger charge is 2.20. The summed E-state index contributed by atoms with van der Waals surface area (Å²) < 4.78 is 0. The van der Waals surface area contributed by atoms with Crippen LogP contribution in [0.15, 0.2) is 24.7 Å². The van der Waals surface area contributed by atoms with Crippen LogP contribution in [-0.2, 0) is 6.42 Å². The zero-order chi connectivity index (χ0) is 11.4. The molecule has 1 N–H and O–H groups in total. The van der Waals surface area contributed by atoms with E-state index < -0.39 is 0 Å². The Bertz CT molecular complexity index is 317. The molecular weight excluding hydrogens is 198 g/mol. The average molecular weight is 219 g/mol. The molecule has 0 radical (unpaired) electrons. The predicted octanol–water partition coefficient (Wildman–Crippen LogP) is 2.38. The second-order valence-corrected chi connectivity index (χ2v) is 4.64. The fourth-order valence-corrected chi connectivity index (χ4v) is 2.35. The Kier molecular flexibility index (Phi) is 3.78. The molecule has 16 heavy (non-hydrogen) atoms. The van der Waals surface area contributed by atoms with Gasteiger partial charge < -0.3 is 4.98 Å². The molecule has 0 aliphatic carbocycles. The van der Waals surface area contributed by atoms with Crippen molar-refractivity contribution >= 4 is 0 Å². The fraction of sp³-hybridized carbons (Fsp3) is 0.615. The van der Waals surface area contributed by atoms with Gasteiger partial charge in [0.15, 0.2) is 0 Å². The molecule has 3 nitrogen and oxygen atoms in total. The van der Waals surface area contributed by atoms with E-state index in [1.807, 2.05) is 6.20 Å². The van der Waals surface area contributed by atoms with Crippen molar-refractivity contribution in [2.75, 3.05) is 6.54 Å². The number of H-pyrrole nitrogens is 1.